The van der Waals surface area contributed by atoms with Gasteiger partial charge < -0.3 is 14.7 Å². The van der Waals surface area contributed by atoms with Crippen LogP contribution in [0.1, 0.15) is 41.3 Å². The molecule has 0 spiro atoms. The molecule has 1 N–H and O–H groups in total. The van der Waals surface area contributed by atoms with Gasteiger partial charge in [-0.15, -0.1) is 0 Å². The number of halogens is 2. The summed E-state index contributed by atoms with van der Waals surface area (Å²) in [7, 11) is 0. The number of carbonyl (C=O) groups is 2. The predicted octanol–water partition coefficient (Wildman–Crippen LogP) is 3.04. The fraction of sp³-hybridized carbons (Fsp3) is 0.444. The molecule has 0 saturated carbocycles. The molecule has 0 bridgehead atoms. The third-order valence-electron chi connectivity index (χ3n) is 4.36. The van der Waals surface area contributed by atoms with Crippen molar-refractivity contribution >= 4 is 35.0 Å². The Morgan fingerprint density at radius 2 is 2.04 bits per heavy atom. The number of likely N-dealkylation sites (tertiary alicyclic amines) is 1. The minimum Gasteiger partial charge on any atom is -0.354 e. The van der Waals surface area contributed by atoms with Crippen molar-refractivity contribution in [1.29, 1.82) is 0 Å². The van der Waals surface area contributed by atoms with E-state index in [1.807, 2.05) is 0 Å². The van der Waals surface area contributed by atoms with E-state index in [2.05, 4.69) is 15.5 Å². The molecule has 1 aliphatic rings. The Balaban J connectivity index is 1.55. The second-order valence-corrected chi connectivity index (χ2v) is 7.32. The van der Waals surface area contributed by atoms with Gasteiger partial charge in [0.05, 0.1) is 0 Å². The number of carbonyl (C=O) groups excluding carboxylic acids is 2. The molecule has 2 heterocycles. The van der Waals surface area contributed by atoms with Crippen LogP contribution in [0, 0.1) is 6.92 Å². The van der Waals surface area contributed by atoms with Crippen molar-refractivity contribution in [2.75, 3.05) is 13.1 Å². The maximum atomic E-state index is 12.8. The first-order valence-electron chi connectivity index (χ1n) is 8.78. The van der Waals surface area contributed by atoms with Crippen molar-refractivity contribution in [3.05, 3.63) is 45.5 Å². The van der Waals surface area contributed by atoms with Crippen LogP contribution in [0.3, 0.4) is 0 Å². The molecule has 3 rings (SSSR count). The number of aromatic nitrogens is 2. The number of hydrogen-bond acceptors (Lipinski definition) is 5. The van der Waals surface area contributed by atoms with Crippen LogP contribution in [-0.2, 0) is 11.2 Å². The van der Waals surface area contributed by atoms with Crippen LogP contribution in [0.5, 0.6) is 0 Å². The number of rotatable bonds is 6. The highest BCUT2D eigenvalue weighted by Crippen LogP contribution is 2.24. The zero-order valence-corrected chi connectivity index (χ0v) is 16.4. The van der Waals surface area contributed by atoms with Gasteiger partial charge >= 0.3 is 0 Å². The molecule has 1 fully saturated rings. The highest BCUT2D eigenvalue weighted by Gasteiger charge is 2.34. The quantitative estimate of drug-likeness (QED) is 0.739. The van der Waals surface area contributed by atoms with Crippen LogP contribution in [-0.4, -0.2) is 46.0 Å². The van der Waals surface area contributed by atoms with Gasteiger partial charge in [0.2, 0.25) is 11.8 Å². The summed E-state index contributed by atoms with van der Waals surface area (Å²) in [5.41, 5.74) is 0.388. The molecule has 1 aliphatic heterocycles. The van der Waals surface area contributed by atoms with Gasteiger partial charge in [0.1, 0.15) is 6.04 Å². The van der Waals surface area contributed by atoms with Crippen LogP contribution in [0.4, 0.5) is 0 Å². The zero-order valence-electron chi connectivity index (χ0n) is 14.9. The number of nitrogens with one attached hydrogen (secondary N) is 1. The van der Waals surface area contributed by atoms with E-state index in [4.69, 9.17) is 27.7 Å². The summed E-state index contributed by atoms with van der Waals surface area (Å²) in [6.45, 7) is 2.76. The molecule has 1 saturated heterocycles. The summed E-state index contributed by atoms with van der Waals surface area (Å²) in [4.78, 5) is 31.0. The molecule has 0 radical (unpaired) electrons. The topological polar surface area (TPSA) is 88.3 Å². The Labute approximate surface area is 167 Å². The molecule has 1 aromatic carbocycles. The van der Waals surface area contributed by atoms with Gasteiger partial charge in [0.15, 0.2) is 5.82 Å². The minimum absolute atomic E-state index is 0.157. The Morgan fingerprint density at radius 3 is 2.70 bits per heavy atom. The van der Waals surface area contributed by atoms with Crippen molar-refractivity contribution in [3.63, 3.8) is 0 Å². The summed E-state index contributed by atoms with van der Waals surface area (Å²) < 4.78 is 5.04. The first kappa shape index (κ1) is 19.6. The third kappa shape index (κ3) is 4.99. The van der Waals surface area contributed by atoms with E-state index in [0.717, 1.165) is 6.42 Å². The molecule has 2 amide bonds. The van der Waals surface area contributed by atoms with Crippen LogP contribution < -0.4 is 5.32 Å². The number of hydrogen-bond donors (Lipinski definition) is 1. The average Bonchev–Trinajstić information content (AvgIpc) is 3.26. The lowest BCUT2D eigenvalue weighted by molar-refractivity contribution is -0.124. The Bertz CT molecular complexity index is 820. The SMILES string of the molecule is Cc1noc(CCCNC(=O)C2CCCN2C(=O)c2cc(Cl)cc(Cl)c2)n1. The molecular weight excluding hydrogens is 391 g/mol. The largest absolute Gasteiger partial charge is 0.354 e. The molecule has 1 atom stereocenters. The lowest BCUT2D eigenvalue weighted by atomic mass is 10.1. The highest BCUT2D eigenvalue weighted by molar-refractivity contribution is 6.35. The lowest BCUT2D eigenvalue weighted by Crippen LogP contribution is -2.46. The highest BCUT2D eigenvalue weighted by atomic mass is 35.5. The fourth-order valence-electron chi connectivity index (χ4n) is 3.14. The normalized spacial score (nSPS) is 16.6. The van der Waals surface area contributed by atoms with E-state index < -0.39 is 6.04 Å². The van der Waals surface area contributed by atoms with E-state index in [1.54, 1.807) is 30.0 Å². The third-order valence-corrected chi connectivity index (χ3v) is 4.80. The molecule has 1 unspecified atom stereocenters. The van der Waals surface area contributed by atoms with E-state index in [9.17, 15) is 9.59 Å². The average molecular weight is 411 g/mol. The lowest BCUT2D eigenvalue weighted by Gasteiger charge is -2.24. The standard InChI is InChI=1S/C18H20Cl2N4O3/c1-11-22-16(27-23-11)5-2-6-21-17(25)15-4-3-7-24(15)18(26)12-8-13(19)10-14(20)9-12/h8-10,15H,2-7H2,1H3,(H,21,25). The molecule has 9 heteroatoms. The summed E-state index contributed by atoms with van der Waals surface area (Å²) >= 11 is 12.0. The first-order chi connectivity index (χ1) is 12.9. The molecular formula is C18H20Cl2N4O3. The van der Waals surface area contributed by atoms with E-state index in [1.165, 1.54) is 0 Å². The summed E-state index contributed by atoms with van der Waals surface area (Å²) in [6.07, 6.45) is 2.68. The van der Waals surface area contributed by atoms with Crippen molar-refractivity contribution in [3.8, 4) is 0 Å². The smallest absolute Gasteiger partial charge is 0.254 e. The van der Waals surface area contributed by atoms with Crippen molar-refractivity contribution < 1.29 is 14.1 Å². The monoisotopic (exact) mass is 410 g/mol. The number of nitrogens with zero attached hydrogens (tertiary/aromatic N) is 3. The Hall–Kier alpha value is -2.12. The molecule has 2 aromatic rings. The number of aryl methyl sites for hydroxylation is 2. The minimum atomic E-state index is -0.485. The molecule has 1 aromatic heterocycles. The van der Waals surface area contributed by atoms with Crippen LogP contribution >= 0.6 is 23.2 Å². The number of amides is 2. The summed E-state index contributed by atoms with van der Waals surface area (Å²) in [5.74, 6) is 0.751. The fourth-order valence-corrected chi connectivity index (χ4v) is 3.66. The van der Waals surface area contributed by atoms with Crippen molar-refractivity contribution in [1.82, 2.24) is 20.4 Å². The molecule has 27 heavy (non-hydrogen) atoms. The first-order valence-corrected chi connectivity index (χ1v) is 9.53. The molecule has 7 nitrogen and oxygen atoms in total. The van der Waals surface area contributed by atoms with Gasteiger partial charge in [0.25, 0.3) is 5.91 Å². The van der Waals surface area contributed by atoms with Crippen molar-refractivity contribution in [2.45, 2.75) is 38.6 Å². The predicted molar refractivity (Wildman–Crippen MR) is 101 cm³/mol. The zero-order chi connectivity index (χ0) is 19.4. The second kappa shape index (κ2) is 8.71. The second-order valence-electron chi connectivity index (χ2n) is 6.44. The maximum absolute atomic E-state index is 12.8. The van der Waals surface area contributed by atoms with Gasteiger partial charge in [-0.25, -0.2) is 0 Å². The van der Waals surface area contributed by atoms with Crippen molar-refractivity contribution in [2.24, 2.45) is 0 Å². The van der Waals surface area contributed by atoms with Crippen LogP contribution in [0.25, 0.3) is 0 Å². The summed E-state index contributed by atoms with van der Waals surface area (Å²) in [6, 6.07) is 4.21. The molecule has 144 valence electrons. The van der Waals surface area contributed by atoms with E-state index in [-0.39, 0.29) is 11.8 Å². The van der Waals surface area contributed by atoms with Gasteiger partial charge in [-0.05, 0) is 44.4 Å². The van der Waals surface area contributed by atoms with Gasteiger partial charge in [-0.1, -0.05) is 28.4 Å². The summed E-state index contributed by atoms with van der Waals surface area (Å²) in [5, 5.41) is 7.40. The molecule has 0 aliphatic carbocycles. The maximum Gasteiger partial charge on any atom is 0.254 e. The van der Waals surface area contributed by atoms with Crippen LogP contribution in [0.15, 0.2) is 22.7 Å². The Kier molecular flexibility index (Phi) is 6.34. The Morgan fingerprint density at radius 1 is 1.30 bits per heavy atom. The van der Waals surface area contributed by atoms with E-state index in [0.29, 0.717) is 59.7 Å². The van der Waals surface area contributed by atoms with Gasteiger partial charge in [-0.2, -0.15) is 4.98 Å². The van der Waals surface area contributed by atoms with Crippen LogP contribution in [0.2, 0.25) is 10.0 Å². The van der Waals surface area contributed by atoms with Gasteiger partial charge in [0, 0.05) is 35.1 Å². The van der Waals surface area contributed by atoms with E-state index >= 15 is 0 Å². The van der Waals surface area contributed by atoms with Gasteiger partial charge in [-0.3, -0.25) is 9.59 Å². The number of benzene rings is 1.